The van der Waals surface area contributed by atoms with Gasteiger partial charge >= 0.3 is 5.97 Å². The molecular formula is C21H17ClI2N2O4. The number of nitrogens with zero attached hydrogens (tertiary/aromatic N) is 1. The third-order valence-electron chi connectivity index (χ3n) is 3.77. The third kappa shape index (κ3) is 6.85. The minimum Gasteiger partial charge on any atom is -0.480 e. The Morgan fingerprint density at radius 2 is 1.90 bits per heavy atom. The van der Waals surface area contributed by atoms with Crippen LogP contribution in [-0.4, -0.2) is 25.1 Å². The fourth-order valence-corrected chi connectivity index (χ4v) is 4.63. The highest BCUT2D eigenvalue weighted by molar-refractivity contribution is 14.1. The summed E-state index contributed by atoms with van der Waals surface area (Å²) >= 11 is 10.2. The molecule has 156 valence electrons. The van der Waals surface area contributed by atoms with E-state index in [0.29, 0.717) is 22.0 Å². The lowest BCUT2D eigenvalue weighted by molar-refractivity contribution is -0.145. The lowest BCUT2D eigenvalue weighted by atomic mass is 10.1. The van der Waals surface area contributed by atoms with Crippen molar-refractivity contribution in [3.63, 3.8) is 0 Å². The van der Waals surface area contributed by atoms with Gasteiger partial charge in [-0.25, -0.2) is 4.79 Å². The Morgan fingerprint density at radius 3 is 2.47 bits per heavy atom. The predicted octanol–water partition coefficient (Wildman–Crippen LogP) is 5.35. The number of carbonyl (C=O) groups is 2. The van der Waals surface area contributed by atoms with Crippen molar-refractivity contribution in [2.45, 2.75) is 13.8 Å². The summed E-state index contributed by atoms with van der Waals surface area (Å²) in [5.41, 5.74) is 1.99. The number of anilines is 1. The molecule has 0 aliphatic carbocycles. The molecule has 0 heterocycles. The topological polar surface area (TPSA) is 88.4 Å². The standard InChI is InChI=1S/C21H17ClI2N2O4/c1-3-29-19(27)11-30-20-17(23)7-13(8-18(20)24)6-14(10-25)21(28)26-15-5-4-12(2)16(22)9-15/h4-9H,3,11H2,1-2H3,(H,26,28)/b14-6-. The number of amides is 1. The van der Waals surface area contributed by atoms with Gasteiger partial charge in [0.15, 0.2) is 6.61 Å². The zero-order valence-electron chi connectivity index (χ0n) is 16.1. The van der Waals surface area contributed by atoms with Gasteiger partial charge in [0, 0.05) is 10.7 Å². The van der Waals surface area contributed by atoms with Crippen LogP contribution in [0.1, 0.15) is 18.1 Å². The molecule has 1 amide bonds. The summed E-state index contributed by atoms with van der Waals surface area (Å²) in [7, 11) is 0. The number of esters is 1. The number of rotatable bonds is 7. The largest absolute Gasteiger partial charge is 0.480 e. The zero-order valence-corrected chi connectivity index (χ0v) is 21.2. The van der Waals surface area contributed by atoms with E-state index in [9.17, 15) is 14.9 Å². The summed E-state index contributed by atoms with van der Waals surface area (Å²) < 4.78 is 11.9. The van der Waals surface area contributed by atoms with Crippen LogP contribution in [0.3, 0.4) is 0 Å². The molecular weight excluding hydrogens is 634 g/mol. The molecule has 2 aromatic rings. The second kappa shape index (κ2) is 11.5. The molecule has 1 N–H and O–H groups in total. The van der Waals surface area contributed by atoms with Crippen LogP contribution in [0.2, 0.25) is 5.02 Å². The van der Waals surface area contributed by atoms with E-state index in [0.717, 1.165) is 12.7 Å². The van der Waals surface area contributed by atoms with Crippen LogP contribution in [0.5, 0.6) is 5.75 Å². The average Bonchev–Trinajstić information content (AvgIpc) is 2.68. The first kappa shape index (κ1) is 24.4. The second-order valence-electron chi connectivity index (χ2n) is 6.00. The Morgan fingerprint density at radius 1 is 1.23 bits per heavy atom. The fourth-order valence-electron chi connectivity index (χ4n) is 2.32. The van der Waals surface area contributed by atoms with Crippen molar-refractivity contribution in [2.75, 3.05) is 18.5 Å². The maximum atomic E-state index is 12.5. The first-order valence-corrected chi connectivity index (χ1v) is 11.3. The fraction of sp³-hybridized carbons (Fsp3) is 0.190. The Labute approximate surface area is 206 Å². The second-order valence-corrected chi connectivity index (χ2v) is 8.73. The molecule has 9 heteroatoms. The molecule has 0 aliphatic heterocycles. The van der Waals surface area contributed by atoms with E-state index in [1.54, 1.807) is 37.3 Å². The van der Waals surface area contributed by atoms with Gasteiger partial charge in [0.1, 0.15) is 17.4 Å². The molecule has 6 nitrogen and oxygen atoms in total. The van der Waals surface area contributed by atoms with Gasteiger partial charge in [-0.05, 0) is 100 Å². The molecule has 0 fully saturated rings. The molecule has 2 rings (SSSR count). The van der Waals surface area contributed by atoms with Gasteiger partial charge in [-0.15, -0.1) is 0 Å². The van der Waals surface area contributed by atoms with Crippen molar-refractivity contribution < 1.29 is 19.1 Å². The molecule has 0 spiro atoms. The highest BCUT2D eigenvalue weighted by atomic mass is 127. The van der Waals surface area contributed by atoms with E-state index in [1.807, 2.05) is 13.0 Å². The van der Waals surface area contributed by atoms with Gasteiger partial charge in [0.05, 0.1) is 13.7 Å². The number of aryl methyl sites for hydroxylation is 1. The highest BCUT2D eigenvalue weighted by Gasteiger charge is 2.14. The smallest absolute Gasteiger partial charge is 0.344 e. The Balaban J connectivity index is 2.20. The van der Waals surface area contributed by atoms with E-state index < -0.39 is 11.9 Å². The number of halogens is 3. The van der Waals surface area contributed by atoms with E-state index >= 15 is 0 Å². The van der Waals surface area contributed by atoms with Gasteiger partial charge in [0.25, 0.3) is 5.91 Å². The van der Waals surface area contributed by atoms with Crippen LogP contribution >= 0.6 is 56.8 Å². The summed E-state index contributed by atoms with van der Waals surface area (Å²) in [5, 5.41) is 12.6. The first-order valence-electron chi connectivity index (χ1n) is 8.72. The van der Waals surface area contributed by atoms with Gasteiger partial charge in [-0.1, -0.05) is 17.7 Å². The molecule has 0 atom stereocenters. The summed E-state index contributed by atoms with van der Waals surface area (Å²) in [6.45, 7) is 3.68. The third-order valence-corrected chi connectivity index (χ3v) is 5.78. The highest BCUT2D eigenvalue weighted by Crippen LogP contribution is 2.30. The summed E-state index contributed by atoms with van der Waals surface area (Å²) in [4.78, 5) is 24.0. The van der Waals surface area contributed by atoms with Crippen LogP contribution in [-0.2, 0) is 14.3 Å². The van der Waals surface area contributed by atoms with Crippen molar-refractivity contribution >= 4 is 80.4 Å². The number of nitriles is 1. The lowest BCUT2D eigenvalue weighted by Gasteiger charge is -2.11. The molecule has 0 unspecified atom stereocenters. The number of benzene rings is 2. The van der Waals surface area contributed by atoms with E-state index in [2.05, 4.69) is 50.5 Å². The first-order chi connectivity index (χ1) is 14.2. The molecule has 0 saturated carbocycles. The predicted molar refractivity (Wildman–Crippen MR) is 132 cm³/mol. The van der Waals surface area contributed by atoms with Crippen LogP contribution in [0.15, 0.2) is 35.9 Å². The molecule has 0 saturated heterocycles. The normalized spacial score (nSPS) is 10.9. The van der Waals surface area contributed by atoms with Crippen molar-refractivity contribution in [1.82, 2.24) is 0 Å². The molecule has 0 bridgehead atoms. The van der Waals surface area contributed by atoms with Crippen molar-refractivity contribution in [2.24, 2.45) is 0 Å². The van der Waals surface area contributed by atoms with Crippen LogP contribution in [0, 0.1) is 25.4 Å². The number of nitrogens with one attached hydrogen (secondary N) is 1. The Bertz CT molecular complexity index is 1020. The molecule has 2 aromatic carbocycles. The Kier molecular flexibility index (Phi) is 9.38. The van der Waals surface area contributed by atoms with Crippen molar-refractivity contribution in [3.05, 3.63) is 59.2 Å². The van der Waals surface area contributed by atoms with E-state index in [4.69, 9.17) is 21.1 Å². The van der Waals surface area contributed by atoms with E-state index in [-0.39, 0.29) is 18.8 Å². The lowest BCUT2D eigenvalue weighted by Crippen LogP contribution is -2.15. The summed E-state index contributed by atoms with van der Waals surface area (Å²) in [5.74, 6) is -0.448. The number of hydrogen-bond acceptors (Lipinski definition) is 5. The van der Waals surface area contributed by atoms with Crippen LogP contribution < -0.4 is 10.1 Å². The van der Waals surface area contributed by atoms with E-state index in [1.165, 1.54) is 6.08 Å². The molecule has 0 radical (unpaired) electrons. The zero-order chi connectivity index (χ0) is 22.3. The van der Waals surface area contributed by atoms with Gasteiger partial charge in [-0.2, -0.15) is 5.26 Å². The van der Waals surface area contributed by atoms with Crippen LogP contribution in [0.4, 0.5) is 5.69 Å². The summed E-state index contributed by atoms with van der Waals surface area (Å²) in [6.07, 6.45) is 1.49. The molecule has 0 aliphatic rings. The van der Waals surface area contributed by atoms with Crippen molar-refractivity contribution in [3.8, 4) is 11.8 Å². The van der Waals surface area contributed by atoms with Gasteiger partial charge in [0.2, 0.25) is 0 Å². The minimum atomic E-state index is -0.537. The SMILES string of the molecule is CCOC(=O)COc1c(I)cc(/C=C(/C#N)C(=O)Nc2ccc(C)c(Cl)c2)cc1I. The number of carbonyl (C=O) groups excluding carboxylic acids is 2. The quantitative estimate of drug-likeness (QED) is 0.189. The molecule has 30 heavy (non-hydrogen) atoms. The maximum Gasteiger partial charge on any atom is 0.344 e. The number of ether oxygens (including phenoxy) is 2. The monoisotopic (exact) mass is 650 g/mol. The summed E-state index contributed by atoms with van der Waals surface area (Å²) in [6, 6.07) is 10.6. The van der Waals surface area contributed by atoms with Gasteiger partial charge in [-0.3, -0.25) is 4.79 Å². The molecule has 0 aromatic heterocycles. The number of hydrogen-bond donors (Lipinski definition) is 1. The minimum absolute atomic E-state index is 0.0570. The van der Waals surface area contributed by atoms with Crippen LogP contribution in [0.25, 0.3) is 6.08 Å². The average molecular weight is 651 g/mol. The Hall–Kier alpha value is -1.84. The maximum absolute atomic E-state index is 12.5. The van der Waals surface area contributed by atoms with Gasteiger partial charge < -0.3 is 14.8 Å². The van der Waals surface area contributed by atoms with Crippen molar-refractivity contribution in [1.29, 1.82) is 5.26 Å².